The van der Waals surface area contributed by atoms with Crippen LogP contribution in [0.3, 0.4) is 0 Å². The molecule has 1 heterocycles. The molecule has 19 heavy (non-hydrogen) atoms. The van der Waals surface area contributed by atoms with Gasteiger partial charge in [-0.3, -0.25) is 4.79 Å². The smallest absolute Gasteiger partial charge is 0.263 e. The molecule has 0 N–H and O–H groups in total. The quantitative estimate of drug-likeness (QED) is 0.836. The number of carbonyl (C=O) groups is 1. The fourth-order valence-corrected chi connectivity index (χ4v) is 2.12. The van der Waals surface area contributed by atoms with Crippen LogP contribution in [-0.2, 0) is 9.53 Å². The van der Waals surface area contributed by atoms with Gasteiger partial charge in [-0.15, -0.1) is 0 Å². The third-order valence-corrected chi connectivity index (χ3v) is 3.32. The molecule has 0 unspecified atom stereocenters. The van der Waals surface area contributed by atoms with Crippen LogP contribution in [0, 0.1) is 13.8 Å². The number of aryl methyl sites for hydroxylation is 2. The number of hydrogen-bond donors (Lipinski definition) is 0. The molecule has 0 aliphatic carbocycles. The molecule has 2 rings (SSSR count). The van der Waals surface area contributed by atoms with Gasteiger partial charge in [0.25, 0.3) is 5.91 Å². The number of nitrogens with zero attached hydrogens (tertiary/aromatic N) is 1. The average Bonchev–Trinajstić information content (AvgIpc) is 2.43. The lowest BCUT2D eigenvalue weighted by atomic mass is 10.1. The maximum atomic E-state index is 12.2. The van der Waals surface area contributed by atoms with Crippen molar-refractivity contribution in [2.24, 2.45) is 0 Å². The van der Waals surface area contributed by atoms with Gasteiger partial charge in [0.05, 0.1) is 13.2 Å². The SMILES string of the molecule is Cc1ccc(C)c(O[C@@H](C)C(=O)N2CCOCC2)c1. The maximum absolute atomic E-state index is 12.2. The molecule has 1 aliphatic rings. The van der Waals surface area contributed by atoms with Gasteiger partial charge in [-0.05, 0) is 38.0 Å². The molecule has 0 bridgehead atoms. The lowest BCUT2D eigenvalue weighted by Gasteiger charge is -2.29. The summed E-state index contributed by atoms with van der Waals surface area (Å²) in [5, 5.41) is 0. The van der Waals surface area contributed by atoms with Crippen LogP contribution in [0.5, 0.6) is 5.75 Å². The summed E-state index contributed by atoms with van der Waals surface area (Å²) in [6.45, 7) is 8.34. The molecule has 0 radical (unpaired) electrons. The maximum Gasteiger partial charge on any atom is 0.263 e. The van der Waals surface area contributed by atoms with Gasteiger partial charge in [-0.2, -0.15) is 0 Å². The minimum absolute atomic E-state index is 0.0317. The molecule has 1 amide bonds. The number of carbonyl (C=O) groups excluding carboxylic acids is 1. The van der Waals surface area contributed by atoms with Crippen LogP contribution >= 0.6 is 0 Å². The highest BCUT2D eigenvalue weighted by Gasteiger charge is 2.24. The van der Waals surface area contributed by atoms with Crippen molar-refractivity contribution in [1.82, 2.24) is 4.90 Å². The molecule has 1 aromatic carbocycles. The van der Waals surface area contributed by atoms with Crippen LogP contribution in [0.4, 0.5) is 0 Å². The summed E-state index contributed by atoms with van der Waals surface area (Å²) in [6.07, 6.45) is -0.460. The Balaban J connectivity index is 2.01. The van der Waals surface area contributed by atoms with E-state index in [0.717, 1.165) is 16.9 Å². The van der Waals surface area contributed by atoms with Crippen molar-refractivity contribution in [3.63, 3.8) is 0 Å². The third kappa shape index (κ3) is 3.47. The van der Waals surface area contributed by atoms with E-state index in [4.69, 9.17) is 9.47 Å². The molecule has 0 aromatic heterocycles. The number of hydrogen-bond acceptors (Lipinski definition) is 3. The number of rotatable bonds is 3. The highest BCUT2D eigenvalue weighted by atomic mass is 16.5. The summed E-state index contributed by atoms with van der Waals surface area (Å²) in [7, 11) is 0. The Labute approximate surface area is 114 Å². The molecule has 1 aromatic rings. The summed E-state index contributed by atoms with van der Waals surface area (Å²) >= 11 is 0. The second-order valence-electron chi connectivity index (χ2n) is 4.97. The fourth-order valence-electron chi connectivity index (χ4n) is 2.12. The summed E-state index contributed by atoms with van der Waals surface area (Å²) < 4.78 is 11.1. The average molecular weight is 263 g/mol. The first-order valence-corrected chi connectivity index (χ1v) is 6.68. The molecule has 4 nitrogen and oxygen atoms in total. The molecule has 104 valence electrons. The van der Waals surface area contributed by atoms with Gasteiger partial charge in [0.1, 0.15) is 5.75 Å². The molecular weight excluding hydrogens is 242 g/mol. The fraction of sp³-hybridized carbons (Fsp3) is 0.533. The first kappa shape index (κ1) is 13.9. The van der Waals surface area contributed by atoms with E-state index in [0.29, 0.717) is 26.3 Å². The Bertz CT molecular complexity index is 453. The molecule has 1 fully saturated rings. The van der Waals surface area contributed by atoms with E-state index >= 15 is 0 Å². The summed E-state index contributed by atoms with van der Waals surface area (Å²) in [5.74, 6) is 0.818. The minimum Gasteiger partial charge on any atom is -0.481 e. The van der Waals surface area contributed by atoms with Gasteiger partial charge in [0.15, 0.2) is 6.10 Å². The second-order valence-corrected chi connectivity index (χ2v) is 4.97. The van der Waals surface area contributed by atoms with Crippen molar-refractivity contribution in [1.29, 1.82) is 0 Å². The third-order valence-electron chi connectivity index (χ3n) is 3.32. The number of ether oxygens (including phenoxy) is 2. The Hall–Kier alpha value is -1.55. The molecule has 0 spiro atoms. The van der Waals surface area contributed by atoms with E-state index in [1.165, 1.54) is 0 Å². The number of benzene rings is 1. The first-order chi connectivity index (χ1) is 9.08. The van der Waals surface area contributed by atoms with Crippen LogP contribution in [0.15, 0.2) is 18.2 Å². The van der Waals surface area contributed by atoms with Crippen LogP contribution in [-0.4, -0.2) is 43.2 Å². The lowest BCUT2D eigenvalue weighted by Crippen LogP contribution is -2.46. The standard InChI is InChI=1S/C15H21NO3/c1-11-4-5-12(2)14(10-11)19-13(3)15(17)16-6-8-18-9-7-16/h4-5,10,13H,6-9H2,1-3H3/t13-/m0/s1. The summed E-state index contributed by atoms with van der Waals surface area (Å²) in [5.41, 5.74) is 2.18. The van der Waals surface area contributed by atoms with E-state index in [9.17, 15) is 4.79 Å². The number of morpholine rings is 1. The summed E-state index contributed by atoms with van der Waals surface area (Å²) in [6, 6.07) is 6.02. The Kier molecular flexibility index (Phi) is 4.43. The van der Waals surface area contributed by atoms with Crippen LogP contribution in [0.1, 0.15) is 18.1 Å². The predicted octanol–water partition coefficient (Wildman–Crippen LogP) is 1.93. The Morgan fingerprint density at radius 3 is 2.68 bits per heavy atom. The molecule has 1 aliphatic heterocycles. The Morgan fingerprint density at radius 1 is 1.32 bits per heavy atom. The number of amides is 1. The largest absolute Gasteiger partial charge is 0.481 e. The first-order valence-electron chi connectivity index (χ1n) is 6.68. The van der Waals surface area contributed by atoms with E-state index in [2.05, 4.69) is 0 Å². The van der Waals surface area contributed by atoms with Gasteiger partial charge >= 0.3 is 0 Å². The van der Waals surface area contributed by atoms with Gasteiger partial charge in [0.2, 0.25) is 0 Å². The molecule has 4 heteroatoms. The topological polar surface area (TPSA) is 38.8 Å². The second kappa shape index (κ2) is 6.06. The zero-order valence-corrected chi connectivity index (χ0v) is 11.8. The van der Waals surface area contributed by atoms with Crippen molar-refractivity contribution < 1.29 is 14.3 Å². The minimum atomic E-state index is -0.460. The zero-order valence-electron chi connectivity index (χ0n) is 11.8. The summed E-state index contributed by atoms with van der Waals surface area (Å²) in [4.78, 5) is 14.0. The normalized spacial score (nSPS) is 17.1. The van der Waals surface area contributed by atoms with E-state index < -0.39 is 6.10 Å². The van der Waals surface area contributed by atoms with Crippen molar-refractivity contribution in [2.45, 2.75) is 26.9 Å². The van der Waals surface area contributed by atoms with Crippen LogP contribution in [0.25, 0.3) is 0 Å². The van der Waals surface area contributed by atoms with E-state index in [-0.39, 0.29) is 5.91 Å². The van der Waals surface area contributed by atoms with Gasteiger partial charge < -0.3 is 14.4 Å². The predicted molar refractivity (Wildman–Crippen MR) is 73.4 cm³/mol. The van der Waals surface area contributed by atoms with Gasteiger partial charge in [0, 0.05) is 13.1 Å². The van der Waals surface area contributed by atoms with Gasteiger partial charge in [-0.1, -0.05) is 12.1 Å². The van der Waals surface area contributed by atoms with Crippen molar-refractivity contribution in [3.05, 3.63) is 29.3 Å². The highest BCUT2D eigenvalue weighted by molar-refractivity contribution is 5.81. The molecule has 1 saturated heterocycles. The van der Waals surface area contributed by atoms with Crippen molar-refractivity contribution in [2.75, 3.05) is 26.3 Å². The van der Waals surface area contributed by atoms with E-state index in [1.54, 1.807) is 11.8 Å². The van der Waals surface area contributed by atoms with Crippen molar-refractivity contribution >= 4 is 5.91 Å². The highest BCUT2D eigenvalue weighted by Crippen LogP contribution is 2.21. The van der Waals surface area contributed by atoms with Crippen LogP contribution in [0.2, 0.25) is 0 Å². The Morgan fingerprint density at radius 2 is 2.00 bits per heavy atom. The van der Waals surface area contributed by atoms with Crippen LogP contribution < -0.4 is 4.74 Å². The van der Waals surface area contributed by atoms with E-state index in [1.807, 2.05) is 32.0 Å². The molecular formula is C15H21NO3. The molecule has 0 saturated carbocycles. The molecule has 1 atom stereocenters. The zero-order chi connectivity index (χ0) is 13.8. The lowest BCUT2D eigenvalue weighted by molar-refractivity contribution is -0.142. The van der Waals surface area contributed by atoms with Gasteiger partial charge in [-0.25, -0.2) is 0 Å². The monoisotopic (exact) mass is 263 g/mol. The van der Waals surface area contributed by atoms with Crippen molar-refractivity contribution in [3.8, 4) is 5.75 Å².